The Kier molecular flexibility index (Phi) is 3.22. The van der Waals surface area contributed by atoms with Crippen molar-refractivity contribution in [2.45, 2.75) is 20.8 Å². The number of hydrogen-bond donors (Lipinski definition) is 2. The van der Waals surface area contributed by atoms with E-state index in [0.29, 0.717) is 9.90 Å². The minimum Gasteiger partial charge on any atom is -0.318 e. The summed E-state index contributed by atoms with van der Waals surface area (Å²) in [5.74, 6) is -0.194. The predicted molar refractivity (Wildman–Crippen MR) is 70.1 cm³/mol. The lowest BCUT2D eigenvalue weighted by Gasteiger charge is -2.03. The number of halogens is 1. The maximum Gasteiger partial charge on any atom is 0.267 e. The Bertz CT molecular complexity index is 554. The third-order valence-electron chi connectivity index (χ3n) is 2.47. The zero-order valence-electron chi connectivity index (χ0n) is 9.72. The Balaban J connectivity index is 2.26. The van der Waals surface area contributed by atoms with Crippen molar-refractivity contribution in [3.05, 3.63) is 32.2 Å². The van der Waals surface area contributed by atoms with Crippen molar-refractivity contribution in [1.29, 1.82) is 0 Å². The fraction of sp³-hybridized carbons (Fsp3) is 0.273. The number of aryl methyl sites for hydroxylation is 3. The number of nitrogens with one attached hydrogen (secondary N) is 2. The molecule has 0 saturated carbocycles. The summed E-state index contributed by atoms with van der Waals surface area (Å²) >= 11 is 7.39. The average molecular weight is 270 g/mol. The summed E-state index contributed by atoms with van der Waals surface area (Å²) in [5.41, 5.74) is 3.24. The highest BCUT2D eigenvalue weighted by Gasteiger charge is 2.17. The summed E-state index contributed by atoms with van der Waals surface area (Å²) in [6.45, 7) is 5.57. The van der Waals surface area contributed by atoms with E-state index in [0.717, 1.165) is 22.6 Å². The van der Waals surface area contributed by atoms with E-state index in [4.69, 9.17) is 11.6 Å². The summed E-state index contributed by atoms with van der Waals surface area (Å²) in [4.78, 5) is 12.6. The van der Waals surface area contributed by atoms with Gasteiger partial charge in [0.1, 0.15) is 4.88 Å². The van der Waals surface area contributed by atoms with Crippen molar-refractivity contribution in [2.24, 2.45) is 0 Å². The lowest BCUT2D eigenvalue weighted by atomic mass is 10.3. The smallest absolute Gasteiger partial charge is 0.267 e. The van der Waals surface area contributed by atoms with Crippen LogP contribution in [0.15, 0.2) is 5.38 Å². The molecule has 0 aliphatic carbocycles. The molecule has 2 aromatic rings. The molecule has 0 radical (unpaired) electrons. The van der Waals surface area contributed by atoms with Crippen LogP contribution in [-0.4, -0.2) is 16.1 Å². The highest BCUT2D eigenvalue weighted by atomic mass is 35.5. The summed E-state index contributed by atoms with van der Waals surface area (Å²) in [7, 11) is 0. The average Bonchev–Trinajstić information content (AvgIpc) is 2.77. The first-order valence-corrected chi connectivity index (χ1v) is 6.33. The first-order valence-electron chi connectivity index (χ1n) is 5.07. The molecular formula is C11H12ClN3OS. The molecule has 2 heterocycles. The maximum absolute atomic E-state index is 12.0. The Morgan fingerprint density at radius 2 is 2.18 bits per heavy atom. The Labute approximate surface area is 108 Å². The SMILES string of the molecule is Cc1csc(C(=O)Nc2c(C)n[nH]c2C)c1Cl. The van der Waals surface area contributed by atoms with Crippen LogP contribution in [0.1, 0.15) is 26.6 Å². The van der Waals surface area contributed by atoms with Crippen LogP contribution in [0.25, 0.3) is 0 Å². The molecule has 0 unspecified atom stereocenters. The van der Waals surface area contributed by atoms with Gasteiger partial charge in [0, 0.05) is 0 Å². The number of H-pyrrole nitrogens is 1. The Morgan fingerprint density at radius 1 is 1.47 bits per heavy atom. The first kappa shape index (κ1) is 12.1. The molecule has 0 aliphatic heterocycles. The number of aromatic nitrogens is 2. The normalized spacial score (nSPS) is 10.6. The van der Waals surface area contributed by atoms with Crippen LogP contribution in [0.4, 0.5) is 5.69 Å². The third kappa shape index (κ3) is 2.21. The van der Waals surface area contributed by atoms with Crippen LogP contribution in [0.3, 0.4) is 0 Å². The second-order valence-electron chi connectivity index (χ2n) is 3.82. The van der Waals surface area contributed by atoms with E-state index in [1.807, 2.05) is 26.2 Å². The molecule has 6 heteroatoms. The largest absolute Gasteiger partial charge is 0.318 e. The van der Waals surface area contributed by atoms with E-state index in [1.54, 1.807) is 0 Å². The van der Waals surface area contributed by atoms with Gasteiger partial charge in [-0.25, -0.2) is 0 Å². The van der Waals surface area contributed by atoms with Gasteiger partial charge in [0.25, 0.3) is 5.91 Å². The minimum atomic E-state index is -0.194. The molecule has 0 bridgehead atoms. The predicted octanol–water partition coefficient (Wildman–Crippen LogP) is 3.30. The van der Waals surface area contributed by atoms with E-state index < -0.39 is 0 Å². The van der Waals surface area contributed by atoms with E-state index in [-0.39, 0.29) is 5.91 Å². The molecule has 0 saturated heterocycles. The number of aromatic amines is 1. The molecular weight excluding hydrogens is 258 g/mol. The number of amides is 1. The zero-order valence-corrected chi connectivity index (χ0v) is 11.3. The number of carbonyl (C=O) groups excluding carboxylic acids is 1. The Morgan fingerprint density at radius 3 is 2.65 bits per heavy atom. The van der Waals surface area contributed by atoms with Crippen LogP contribution in [0.5, 0.6) is 0 Å². The summed E-state index contributed by atoms with van der Waals surface area (Å²) in [6.07, 6.45) is 0. The number of anilines is 1. The van der Waals surface area contributed by atoms with Gasteiger partial charge in [-0.15, -0.1) is 11.3 Å². The summed E-state index contributed by atoms with van der Waals surface area (Å²) in [5, 5.41) is 12.0. The van der Waals surface area contributed by atoms with Gasteiger partial charge >= 0.3 is 0 Å². The fourth-order valence-electron chi connectivity index (χ4n) is 1.49. The van der Waals surface area contributed by atoms with Gasteiger partial charge in [-0.3, -0.25) is 9.89 Å². The lowest BCUT2D eigenvalue weighted by molar-refractivity contribution is 0.103. The number of carbonyl (C=O) groups is 1. The minimum absolute atomic E-state index is 0.194. The van der Waals surface area contributed by atoms with Crippen molar-refractivity contribution in [3.63, 3.8) is 0 Å². The van der Waals surface area contributed by atoms with Crippen molar-refractivity contribution in [3.8, 4) is 0 Å². The van der Waals surface area contributed by atoms with Crippen molar-refractivity contribution >= 4 is 34.5 Å². The molecule has 2 N–H and O–H groups in total. The fourth-order valence-corrected chi connectivity index (χ4v) is 2.66. The lowest BCUT2D eigenvalue weighted by Crippen LogP contribution is -2.11. The standard InChI is InChI=1S/C11H12ClN3OS/c1-5-4-17-10(8(5)12)11(16)13-9-6(2)14-15-7(9)3/h4H,1-3H3,(H,13,16)(H,14,15). The monoisotopic (exact) mass is 269 g/mol. The van der Waals surface area contributed by atoms with Crippen LogP contribution < -0.4 is 5.32 Å². The van der Waals surface area contributed by atoms with Gasteiger partial charge in [0.15, 0.2) is 0 Å². The number of nitrogens with zero attached hydrogens (tertiary/aromatic N) is 1. The number of thiophene rings is 1. The molecule has 17 heavy (non-hydrogen) atoms. The topological polar surface area (TPSA) is 57.8 Å². The molecule has 0 atom stereocenters. The quantitative estimate of drug-likeness (QED) is 0.879. The van der Waals surface area contributed by atoms with E-state index in [2.05, 4.69) is 15.5 Å². The van der Waals surface area contributed by atoms with E-state index in [9.17, 15) is 4.79 Å². The van der Waals surface area contributed by atoms with Crippen molar-refractivity contribution in [1.82, 2.24) is 10.2 Å². The zero-order chi connectivity index (χ0) is 12.6. The van der Waals surface area contributed by atoms with Gasteiger partial charge in [-0.2, -0.15) is 5.10 Å². The second kappa shape index (κ2) is 4.50. The van der Waals surface area contributed by atoms with Crippen molar-refractivity contribution < 1.29 is 4.79 Å². The van der Waals surface area contributed by atoms with E-state index in [1.165, 1.54) is 11.3 Å². The highest BCUT2D eigenvalue weighted by Crippen LogP contribution is 2.28. The number of rotatable bonds is 2. The molecule has 1 amide bonds. The van der Waals surface area contributed by atoms with Gasteiger partial charge in [-0.1, -0.05) is 11.6 Å². The molecule has 4 nitrogen and oxygen atoms in total. The molecule has 2 aromatic heterocycles. The molecule has 2 rings (SSSR count). The second-order valence-corrected chi connectivity index (χ2v) is 5.08. The first-order chi connectivity index (χ1) is 8.00. The molecule has 0 aliphatic rings. The molecule has 0 spiro atoms. The van der Waals surface area contributed by atoms with Crippen molar-refractivity contribution in [2.75, 3.05) is 5.32 Å². The third-order valence-corrected chi connectivity index (χ3v) is 4.17. The Hall–Kier alpha value is -1.33. The van der Waals surface area contributed by atoms with Crippen LogP contribution in [0, 0.1) is 20.8 Å². The van der Waals surface area contributed by atoms with Gasteiger partial charge in [-0.05, 0) is 31.7 Å². The van der Waals surface area contributed by atoms with Gasteiger partial charge in [0.05, 0.1) is 22.1 Å². The molecule has 90 valence electrons. The highest BCUT2D eigenvalue weighted by molar-refractivity contribution is 7.13. The van der Waals surface area contributed by atoms with Crippen LogP contribution in [-0.2, 0) is 0 Å². The van der Waals surface area contributed by atoms with Gasteiger partial charge < -0.3 is 5.32 Å². The van der Waals surface area contributed by atoms with Gasteiger partial charge in [0.2, 0.25) is 0 Å². The van der Waals surface area contributed by atoms with E-state index >= 15 is 0 Å². The summed E-state index contributed by atoms with van der Waals surface area (Å²) in [6, 6.07) is 0. The molecule has 0 fully saturated rings. The van der Waals surface area contributed by atoms with Crippen LogP contribution >= 0.6 is 22.9 Å². The van der Waals surface area contributed by atoms with Crippen LogP contribution in [0.2, 0.25) is 5.02 Å². The number of hydrogen-bond acceptors (Lipinski definition) is 3. The maximum atomic E-state index is 12.0. The summed E-state index contributed by atoms with van der Waals surface area (Å²) < 4.78 is 0. The molecule has 0 aromatic carbocycles.